The number of anilines is 1. The number of phenols is 1. The number of unbranched alkanes of at least 4 members (excludes halogenated alkanes) is 11. The molecular weight excluding hydrogens is 693 g/mol. The minimum atomic E-state index is -0.515. The van der Waals surface area contributed by atoms with Crippen molar-refractivity contribution in [2.24, 2.45) is 0 Å². The van der Waals surface area contributed by atoms with Gasteiger partial charge in [0.2, 0.25) is 0 Å². The molecule has 0 aliphatic rings. The van der Waals surface area contributed by atoms with E-state index in [4.69, 9.17) is 14.2 Å². The highest BCUT2D eigenvalue weighted by molar-refractivity contribution is 6.11. The molecule has 0 aliphatic heterocycles. The Labute approximate surface area is 322 Å². The first-order chi connectivity index (χ1) is 27.0. The Balaban J connectivity index is 1.07. The fourth-order valence-electron chi connectivity index (χ4n) is 6.60. The minimum absolute atomic E-state index is 0.0406. The third kappa shape index (κ3) is 10.6. The molecule has 5 aromatic carbocycles. The van der Waals surface area contributed by atoms with Gasteiger partial charge in [0, 0.05) is 10.8 Å². The summed E-state index contributed by atoms with van der Waals surface area (Å²) in [6.45, 7) is 2.72. The summed E-state index contributed by atoms with van der Waals surface area (Å²) >= 11 is 0. The van der Waals surface area contributed by atoms with Gasteiger partial charge in [-0.15, -0.1) is 5.10 Å². The van der Waals surface area contributed by atoms with Crippen molar-refractivity contribution in [2.45, 2.75) is 90.7 Å². The number of para-hydroxylation sites is 3. The van der Waals surface area contributed by atoms with Gasteiger partial charge in [0.1, 0.15) is 28.5 Å². The molecule has 0 spiro atoms. The molecule has 1 heterocycles. The van der Waals surface area contributed by atoms with Crippen LogP contribution in [0.5, 0.6) is 23.0 Å². The van der Waals surface area contributed by atoms with E-state index in [1.54, 1.807) is 60.7 Å². The lowest BCUT2D eigenvalue weighted by atomic mass is 10.0. The van der Waals surface area contributed by atoms with E-state index in [1.807, 2.05) is 36.4 Å². The SMILES string of the molecule is CCCCCCCCCCCCCCOc1ccccc1NC(=O)c1cc(OCn2nnc3ccc(C(=O)Oc4ccccc4)cc32)c2ccccc2c1O. The highest BCUT2D eigenvalue weighted by Crippen LogP contribution is 2.37. The maximum atomic E-state index is 13.8. The van der Waals surface area contributed by atoms with E-state index in [1.165, 1.54) is 75.0 Å². The molecule has 0 aliphatic carbocycles. The molecule has 0 unspecified atom stereocenters. The van der Waals surface area contributed by atoms with Crippen LogP contribution in [-0.2, 0) is 6.73 Å². The fourth-order valence-corrected chi connectivity index (χ4v) is 6.60. The van der Waals surface area contributed by atoms with Gasteiger partial charge in [0.15, 0.2) is 6.73 Å². The molecule has 1 amide bonds. The number of phenolic OH excluding ortho intramolecular Hbond substituents is 1. The standard InChI is InChI=1S/C45H50N4O6/c1-2-3-4-5-6-7-8-9-10-11-12-20-29-53-41-26-19-18-25-39(41)46-44(51)37-31-42(35-23-16-17-24-36(35)43(37)50)54-32-49-40-30-33(27-28-38(40)47-48-49)45(52)55-34-21-14-13-15-22-34/h13-19,21-28,30-31,50H,2-12,20,29,32H2,1H3,(H,46,51). The summed E-state index contributed by atoms with van der Waals surface area (Å²) in [7, 11) is 0. The first-order valence-corrected chi connectivity index (χ1v) is 19.5. The molecule has 0 saturated carbocycles. The summed E-state index contributed by atoms with van der Waals surface area (Å²) in [5.41, 5.74) is 2.00. The van der Waals surface area contributed by atoms with E-state index in [2.05, 4.69) is 22.6 Å². The smallest absolute Gasteiger partial charge is 0.343 e. The molecule has 2 N–H and O–H groups in total. The van der Waals surface area contributed by atoms with Crippen LogP contribution in [0.4, 0.5) is 5.69 Å². The van der Waals surface area contributed by atoms with Gasteiger partial charge >= 0.3 is 5.97 Å². The van der Waals surface area contributed by atoms with Gasteiger partial charge < -0.3 is 24.6 Å². The number of carbonyl (C=O) groups is 2. The molecule has 0 radical (unpaired) electrons. The van der Waals surface area contributed by atoms with Crippen molar-refractivity contribution in [3.63, 3.8) is 0 Å². The van der Waals surface area contributed by atoms with Crippen LogP contribution < -0.4 is 19.5 Å². The van der Waals surface area contributed by atoms with Crippen molar-refractivity contribution in [2.75, 3.05) is 11.9 Å². The molecule has 55 heavy (non-hydrogen) atoms. The lowest BCUT2D eigenvalue weighted by Gasteiger charge is -2.16. The Bertz CT molecular complexity index is 2170. The molecule has 10 nitrogen and oxygen atoms in total. The van der Waals surface area contributed by atoms with Gasteiger partial charge in [-0.1, -0.05) is 137 Å². The largest absolute Gasteiger partial charge is 0.506 e. The number of hydrogen-bond acceptors (Lipinski definition) is 8. The van der Waals surface area contributed by atoms with Crippen molar-refractivity contribution in [1.29, 1.82) is 0 Å². The van der Waals surface area contributed by atoms with E-state index in [0.717, 1.165) is 12.8 Å². The molecule has 0 saturated heterocycles. The van der Waals surface area contributed by atoms with Crippen molar-refractivity contribution in [3.8, 4) is 23.0 Å². The van der Waals surface area contributed by atoms with Gasteiger partial charge in [-0.05, 0) is 55.0 Å². The summed E-state index contributed by atoms with van der Waals surface area (Å²) in [5, 5.41) is 23.7. The van der Waals surface area contributed by atoms with Crippen LogP contribution in [0.3, 0.4) is 0 Å². The van der Waals surface area contributed by atoms with E-state index in [0.29, 0.717) is 56.9 Å². The first kappa shape index (κ1) is 38.8. The number of rotatable bonds is 21. The van der Waals surface area contributed by atoms with Crippen molar-refractivity contribution >= 4 is 39.4 Å². The predicted octanol–water partition coefficient (Wildman–Crippen LogP) is 10.9. The maximum absolute atomic E-state index is 13.8. The summed E-state index contributed by atoms with van der Waals surface area (Å²) < 4.78 is 19.4. The number of aromatic hydroxyl groups is 1. The number of esters is 1. The van der Waals surface area contributed by atoms with Crippen molar-refractivity contribution < 1.29 is 28.9 Å². The van der Waals surface area contributed by atoms with Crippen LogP contribution in [0, 0.1) is 0 Å². The normalized spacial score (nSPS) is 11.1. The van der Waals surface area contributed by atoms with Gasteiger partial charge in [0.25, 0.3) is 5.91 Å². The van der Waals surface area contributed by atoms with Crippen molar-refractivity contribution in [3.05, 3.63) is 114 Å². The van der Waals surface area contributed by atoms with Gasteiger partial charge in [0.05, 0.1) is 28.9 Å². The van der Waals surface area contributed by atoms with Crippen LogP contribution >= 0.6 is 0 Å². The van der Waals surface area contributed by atoms with Gasteiger partial charge in [-0.2, -0.15) is 0 Å². The molecule has 286 valence electrons. The number of hydrogen-bond donors (Lipinski definition) is 2. The lowest BCUT2D eigenvalue weighted by molar-refractivity contribution is 0.0734. The zero-order valence-corrected chi connectivity index (χ0v) is 31.5. The monoisotopic (exact) mass is 742 g/mol. The number of carbonyl (C=O) groups excluding carboxylic acids is 2. The van der Waals surface area contributed by atoms with Crippen molar-refractivity contribution in [1.82, 2.24) is 15.0 Å². The second-order valence-corrected chi connectivity index (χ2v) is 13.8. The Morgan fingerprint density at radius 1 is 0.691 bits per heavy atom. The number of nitrogens with zero attached hydrogens (tertiary/aromatic N) is 3. The van der Waals surface area contributed by atoms with Gasteiger partial charge in [-0.25, -0.2) is 9.48 Å². The number of nitrogens with one attached hydrogen (secondary N) is 1. The summed E-state index contributed by atoms with van der Waals surface area (Å²) in [6, 6.07) is 29.8. The van der Waals surface area contributed by atoms with E-state index in [-0.39, 0.29) is 18.0 Å². The number of fused-ring (bicyclic) bond motifs is 2. The molecule has 6 rings (SSSR count). The van der Waals surface area contributed by atoms with Crippen LogP contribution in [0.25, 0.3) is 21.8 Å². The quantitative estimate of drug-likeness (QED) is 0.0424. The highest BCUT2D eigenvalue weighted by Gasteiger charge is 2.20. The third-order valence-corrected chi connectivity index (χ3v) is 9.66. The van der Waals surface area contributed by atoms with Crippen LogP contribution in [0.2, 0.25) is 0 Å². The number of ether oxygens (including phenoxy) is 3. The molecule has 0 bridgehead atoms. The predicted molar refractivity (Wildman–Crippen MR) is 216 cm³/mol. The Kier molecular flexibility index (Phi) is 14.1. The number of aromatic nitrogens is 3. The average Bonchev–Trinajstić information content (AvgIpc) is 3.62. The Morgan fingerprint density at radius 2 is 1.35 bits per heavy atom. The lowest BCUT2D eigenvalue weighted by Crippen LogP contribution is -2.14. The summed E-state index contributed by atoms with van der Waals surface area (Å²) in [4.78, 5) is 26.6. The van der Waals surface area contributed by atoms with Crippen LogP contribution in [0.15, 0.2) is 103 Å². The molecule has 0 atom stereocenters. The first-order valence-electron chi connectivity index (χ1n) is 19.5. The Hall–Kier alpha value is -5.90. The van der Waals surface area contributed by atoms with E-state index >= 15 is 0 Å². The molecule has 1 aromatic heterocycles. The van der Waals surface area contributed by atoms with Gasteiger partial charge in [-0.3, -0.25) is 4.79 Å². The Morgan fingerprint density at radius 3 is 2.09 bits per heavy atom. The molecule has 10 heteroatoms. The summed E-state index contributed by atoms with van der Waals surface area (Å²) in [5.74, 6) is 0.176. The number of amides is 1. The van der Waals surface area contributed by atoms with Crippen LogP contribution in [0.1, 0.15) is 105 Å². The zero-order valence-electron chi connectivity index (χ0n) is 31.5. The molecule has 0 fully saturated rings. The molecule has 6 aromatic rings. The molecular formula is C45H50N4O6. The summed E-state index contributed by atoms with van der Waals surface area (Å²) in [6.07, 6.45) is 15.2. The maximum Gasteiger partial charge on any atom is 0.343 e. The van der Waals surface area contributed by atoms with E-state index < -0.39 is 11.9 Å². The fraction of sp³-hybridized carbons (Fsp3) is 0.333. The minimum Gasteiger partial charge on any atom is -0.506 e. The zero-order chi connectivity index (χ0) is 38.2. The average molecular weight is 743 g/mol. The highest BCUT2D eigenvalue weighted by atomic mass is 16.5. The topological polar surface area (TPSA) is 125 Å². The van der Waals surface area contributed by atoms with Crippen LogP contribution in [-0.4, -0.2) is 38.6 Å². The second kappa shape index (κ2) is 20.0. The second-order valence-electron chi connectivity index (χ2n) is 13.8. The number of benzene rings is 5. The van der Waals surface area contributed by atoms with E-state index in [9.17, 15) is 14.7 Å². The third-order valence-electron chi connectivity index (χ3n) is 9.66.